The van der Waals surface area contributed by atoms with Gasteiger partial charge in [-0.2, -0.15) is 4.31 Å². The summed E-state index contributed by atoms with van der Waals surface area (Å²) in [4.78, 5) is 4.54. The first-order chi connectivity index (χ1) is 10.1. The van der Waals surface area contributed by atoms with Crippen molar-refractivity contribution in [3.05, 3.63) is 36.5 Å². The molecule has 112 valence electrons. The molecule has 0 bridgehead atoms. The smallest absolute Gasteiger partial charge is 0.244 e. The van der Waals surface area contributed by atoms with Crippen molar-refractivity contribution in [1.82, 2.24) is 14.6 Å². The highest BCUT2D eigenvalue weighted by molar-refractivity contribution is 7.89. The molecule has 0 spiro atoms. The Bertz CT molecular complexity index is 745. The van der Waals surface area contributed by atoms with Crippen molar-refractivity contribution in [3.8, 4) is 0 Å². The largest absolute Gasteiger partial charge is 0.316 e. The SMILES string of the molecule is CNC1CCCN(S(=O)(=O)c2cnc3ccccc3c2)C1. The minimum Gasteiger partial charge on any atom is -0.316 e. The monoisotopic (exact) mass is 305 g/mol. The molecule has 21 heavy (non-hydrogen) atoms. The van der Waals surface area contributed by atoms with Crippen LogP contribution in [-0.2, 0) is 10.0 Å². The van der Waals surface area contributed by atoms with Crippen LogP contribution in [0.15, 0.2) is 41.4 Å². The molecule has 1 unspecified atom stereocenters. The van der Waals surface area contributed by atoms with Crippen LogP contribution in [0.25, 0.3) is 10.9 Å². The molecule has 0 aliphatic carbocycles. The molecule has 0 amide bonds. The molecule has 0 radical (unpaired) electrons. The fourth-order valence-electron chi connectivity index (χ4n) is 2.74. The fourth-order valence-corrected chi connectivity index (χ4v) is 4.24. The normalized spacial score (nSPS) is 20.7. The second-order valence-corrected chi connectivity index (χ2v) is 7.29. The van der Waals surface area contributed by atoms with Crippen molar-refractivity contribution < 1.29 is 8.42 Å². The highest BCUT2D eigenvalue weighted by atomic mass is 32.2. The molecule has 1 aliphatic heterocycles. The predicted molar refractivity (Wildman–Crippen MR) is 82.6 cm³/mol. The molecular weight excluding hydrogens is 286 g/mol. The number of rotatable bonds is 3. The highest BCUT2D eigenvalue weighted by Gasteiger charge is 2.29. The molecular formula is C15H19N3O2S. The van der Waals surface area contributed by atoms with E-state index in [4.69, 9.17) is 0 Å². The van der Waals surface area contributed by atoms with Gasteiger partial charge in [0.25, 0.3) is 0 Å². The van der Waals surface area contributed by atoms with Gasteiger partial charge in [-0.1, -0.05) is 18.2 Å². The molecule has 2 aromatic rings. The molecule has 1 fully saturated rings. The Morgan fingerprint density at radius 3 is 2.95 bits per heavy atom. The molecule has 1 saturated heterocycles. The number of nitrogens with one attached hydrogen (secondary N) is 1. The topological polar surface area (TPSA) is 62.3 Å². The van der Waals surface area contributed by atoms with Gasteiger partial charge in [0, 0.05) is 30.7 Å². The first-order valence-corrected chi connectivity index (χ1v) is 8.57. The van der Waals surface area contributed by atoms with Crippen LogP contribution in [0.4, 0.5) is 0 Å². The average Bonchev–Trinajstić information content (AvgIpc) is 2.54. The molecule has 2 heterocycles. The van der Waals surface area contributed by atoms with Gasteiger partial charge in [-0.25, -0.2) is 8.42 Å². The maximum absolute atomic E-state index is 12.8. The van der Waals surface area contributed by atoms with E-state index in [9.17, 15) is 8.42 Å². The summed E-state index contributed by atoms with van der Waals surface area (Å²) < 4.78 is 27.1. The second-order valence-electron chi connectivity index (χ2n) is 5.35. The lowest BCUT2D eigenvalue weighted by Crippen LogP contribution is -2.46. The van der Waals surface area contributed by atoms with E-state index in [2.05, 4.69) is 10.3 Å². The minimum atomic E-state index is -3.47. The lowest BCUT2D eigenvalue weighted by atomic mass is 10.1. The number of pyridine rings is 1. The molecule has 1 aromatic carbocycles. The van der Waals surface area contributed by atoms with Gasteiger partial charge in [0.1, 0.15) is 4.90 Å². The highest BCUT2D eigenvalue weighted by Crippen LogP contribution is 2.22. The van der Waals surface area contributed by atoms with Crippen LogP contribution in [0.2, 0.25) is 0 Å². The summed E-state index contributed by atoms with van der Waals surface area (Å²) in [6.07, 6.45) is 3.35. The van der Waals surface area contributed by atoms with Gasteiger partial charge in [-0.05, 0) is 32.0 Å². The third-order valence-electron chi connectivity index (χ3n) is 4.00. The van der Waals surface area contributed by atoms with Crippen molar-refractivity contribution in [2.24, 2.45) is 0 Å². The number of sulfonamides is 1. The van der Waals surface area contributed by atoms with E-state index < -0.39 is 10.0 Å². The van der Waals surface area contributed by atoms with E-state index in [0.717, 1.165) is 23.7 Å². The quantitative estimate of drug-likeness (QED) is 0.936. The zero-order chi connectivity index (χ0) is 14.9. The Labute approximate surface area is 125 Å². The number of aromatic nitrogens is 1. The predicted octanol–water partition coefficient (Wildman–Crippen LogP) is 1.61. The van der Waals surface area contributed by atoms with E-state index in [1.54, 1.807) is 10.4 Å². The van der Waals surface area contributed by atoms with Gasteiger partial charge >= 0.3 is 0 Å². The first kappa shape index (κ1) is 14.4. The number of piperidine rings is 1. The van der Waals surface area contributed by atoms with Crippen molar-refractivity contribution in [3.63, 3.8) is 0 Å². The Balaban J connectivity index is 1.95. The van der Waals surface area contributed by atoms with Crippen molar-refractivity contribution in [1.29, 1.82) is 0 Å². The van der Waals surface area contributed by atoms with E-state index >= 15 is 0 Å². The van der Waals surface area contributed by atoms with Crippen LogP contribution in [0.5, 0.6) is 0 Å². The number of hydrogen-bond acceptors (Lipinski definition) is 4. The lowest BCUT2D eigenvalue weighted by molar-refractivity contribution is 0.293. The van der Waals surface area contributed by atoms with Crippen molar-refractivity contribution in [2.45, 2.75) is 23.8 Å². The molecule has 3 rings (SSSR count). The van der Waals surface area contributed by atoms with Gasteiger partial charge in [-0.15, -0.1) is 0 Å². The van der Waals surface area contributed by atoms with Crippen LogP contribution < -0.4 is 5.32 Å². The molecule has 1 aromatic heterocycles. The zero-order valence-corrected chi connectivity index (χ0v) is 12.8. The number of fused-ring (bicyclic) bond motifs is 1. The second kappa shape index (κ2) is 5.71. The zero-order valence-electron chi connectivity index (χ0n) is 12.0. The van der Waals surface area contributed by atoms with Crippen LogP contribution in [0.3, 0.4) is 0 Å². The summed E-state index contributed by atoms with van der Waals surface area (Å²) in [7, 11) is -1.59. The van der Waals surface area contributed by atoms with Crippen LogP contribution in [-0.4, -0.2) is 43.9 Å². The Kier molecular flexibility index (Phi) is 3.93. The number of nitrogens with zero attached hydrogens (tertiary/aromatic N) is 2. The lowest BCUT2D eigenvalue weighted by Gasteiger charge is -2.31. The van der Waals surface area contributed by atoms with Gasteiger partial charge in [0.2, 0.25) is 10.0 Å². The van der Waals surface area contributed by atoms with Gasteiger partial charge in [0.15, 0.2) is 0 Å². The van der Waals surface area contributed by atoms with E-state index in [1.807, 2.05) is 31.3 Å². The standard InChI is InChI=1S/C15H19N3O2S/c1-16-13-6-4-8-18(11-13)21(19,20)14-9-12-5-2-3-7-15(12)17-10-14/h2-3,5,7,9-10,13,16H,4,6,8,11H2,1H3. The summed E-state index contributed by atoms with van der Waals surface area (Å²) >= 11 is 0. The molecule has 6 heteroatoms. The van der Waals surface area contributed by atoms with Gasteiger partial charge < -0.3 is 5.32 Å². The van der Waals surface area contributed by atoms with Gasteiger partial charge in [-0.3, -0.25) is 4.98 Å². The average molecular weight is 305 g/mol. The first-order valence-electron chi connectivity index (χ1n) is 7.13. The summed E-state index contributed by atoms with van der Waals surface area (Å²) in [5.41, 5.74) is 0.809. The number of likely N-dealkylation sites (N-methyl/N-ethyl adjacent to an activating group) is 1. The maximum Gasteiger partial charge on any atom is 0.244 e. The summed E-state index contributed by atoms with van der Waals surface area (Å²) in [5.74, 6) is 0. The Hall–Kier alpha value is -1.50. The number of para-hydroxylation sites is 1. The molecule has 5 nitrogen and oxygen atoms in total. The molecule has 0 saturated carbocycles. The number of hydrogen-bond donors (Lipinski definition) is 1. The number of benzene rings is 1. The van der Waals surface area contributed by atoms with Crippen molar-refractivity contribution in [2.75, 3.05) is 20.1 Å². The minimum absolute atomic E-state index is 0.224. The van der Waals surface area contributed by atoms with Gasteiger partial charge in [0.05, 0.1) is 5.52 Å². The third kappa shape index (κ3) is 2.79. The summed E-state index contributed by atoms with van der Waals surface area (Å²) in [6, 6.07) is 9.48. The van der Waals surface area contributed by atoms with E-state index in [1.165, 1.54) is 6.20 Å². The Morgan fingerprint density at radius 1 is 1.33 bits per heavy atom. The van der Waals surface area contributed by atoms with Crippen molar-refractivity contribution >= 4 is 20.9 Å². The van der Waals surface area contributed by atoms with Crippen LogP contribution >= 0.6 is 0 Å². The maximum atomic E-state index is 12.8. The van der Waals surface area contributed by atoms with Crippen LogP contribution in [0.1, 0.15) is 12.8 Å². The fraction of sp³-hybridized carbons (Fsp3) is 0.400. The third-order valence-corrected chi connectivity index (χ3v) is 5.83. The van der Waals surface area contributed by atoms with Crippen LogP contribution in [0, 0.1) is 0 Å². The summed E-state index contributed by atoms with van der Waals surface area (Å²) in [6.45, 7) is 1.10. The molecule has 1 aliphatic rings. The van der Waals surface area contributed by atoms with E-state index in [0.29, 0.717) is 13.1 Å². The Morgan fingerprint density at radius 2 is 2.14 bits per heavy atom. The molecule has 1 N–H and O–H groups in total. The van der Waals surface area contributed by atoms with E-state index in [-0.39, 0.29) is 10.9 Å². The molecule has 1 atom stereocenters. The summed E-state index contributed by atoms with van der Waals surface area (Å²) in [5, 5.41) is 4.01.